The fourth-order valence-corrected chi connectivity index (χ4v) is 1.53. The van der Waals surface area contributed by atoms with E-state index in [0.717, 1.165) is 6.42 Å². The van der Waals surface area contributed by atoms with E-state index in [4.69, 9.17) is 5.11 Å². The van der Waals surface area contributed by atoms with Crippen LogP contribution < -0.4 is 5.32 Å². The van der Waals surface area contributed by atoms with E-state index in [2.05, 4.69) is 10.3 Å². The standard InChI is InChI=1S/C13H18N2O3/c1-10(5-6-12(16)17)7-9-15-13(18)11-4-2-3-8-14-11/h2-4,8,10H,5-7,9H2,1H3,(H,15,18)(H,16,17). The number of carboxylic acid groups (broad SMARTS) is 1. The first-order valence-corrected chi connectivity index (χ1v) is 6.00. The summed E-state index contributed by atoms with van der Waals surface area (Å²) in [5.74, 6) is -0.689. The third kappa shape index (κ3) is 5.43. The smallest absolute Gasteiger partial charge is 0.303 e. The zero-order valence-corrected chi connectivity index (χ0v) is 10.4. The van der Waals surface area contributed by atoms with Crippen molar-refractivity contribution in [3.05, 3.63) is 30.1 Å². The van der Waals surface area contributed by atoms with E-state index in [1.807, 2.05) is 6.92 Å². The van der Waals surface area contributed by atoms with Gasteiger partial charge in [0, 0.05) is 19.2 Å². The van der Waals surface area contributed by atoms with Crippen molar-refractivity contribution in [1.82, 2.24) is 10.3 Å². The fourth-order valence-electron chi connectivity index (χ4n) is 1.53. The van der Waals surface area contributed by atoms with Crippen LogP contribution in [-0.2, 0) is 4.79 Å². The molecule has 0 fully saturated rings. The lowest BCUT2D eigenvalue weighted by atomic mass is 10.0. The van der Waals surface area contributed by atoms with Gasteiger partial charge in [0.15, 0.2) is 0 Å². The first-order valence-electron chi connectivity index (χ1n) is 6.00. The second kappa shape index (κ2) is 7.42. The van der Waals surface area contributed by atoms with Crippen molar-refractivity contribution in [3.63, 3.8) is 0 Å². The maximum absolute atomic E-state index is 11.6. The van der Waals surface area contributed by atoms with Gasteiger partial charge in [-0.3, -0.25) is 14.6 Å². The molecular formula is C13H18N2O3. The summed E-state index contributed by atoms with van der Waals surface area (Å²) in [6.07, 6.45) is 3.15. The van der Waals surface area contributed by atoms with E-state index in [1.165, 1.54) is 0 Å². The topological polar surface area (TPSA) is 79.3 Å². The Hall–Kier alpha value is -1.91. The maximum Gasteiger partial charge on any atom is 0.303 e. The van der Waals surface area contributed by atoms with Crippen molar-refractivity contribution >= 4 is 11.9 Å². The zero-order chi connectivity index (χ0) is 13.4. The number of rotatable bonds is 7. The Morgan fingerprint density at radius 1 is 1.39 bits per heavy atom. The molecule has 1 aromatic heterocycles. The minimum atomic E-state index is -0.778. The number of hydrogen-bond donors (Lipinski definition) is 2. The minimum absolute atomic E-state index is 0.176. The number of hydrogen-bond acceptors (Lipinski definition) is 3. The van der Waals surface area contributed by atoms with Crippen molar-refractivity contribution in [2.45, 2.75) is 26.2 Å². The number of pyridine rings is 1. The molecule has 0 aliphatic heterocycles. The molecule has 5 heteroatoms. The molecule has 1 atom stereocenters. The highest BCUT2D eigenvalue weighted by Gasteiger charge is 2.08. The molecule has 0 aliphatic carbocycles. The first-order chi connectivity index (χ1) is 8.59. The van der Waals surface area contributed by atoms with E-state index in [1.54, 1.807) is 24.4 Å². The van der Waals surface area contributed by atoms with Gasteiger partial charge >= 0.3 is 5.97 Å². The fraction of sp³-hybridized carbons (Fsp3) is 0.462. The monoisotopic (exact) mass is 250 g/mol. The second-order valence-corrected chi connectivity index (χ2v) is 4.30. The number of nitrogens with one attached hydrogen (secondary N) is 1. The number of aromatic nitrogens is 1. The van der Waals surface area contributed by atoms with Crippen LogP contribution in [0.3, 0.4) is 0 Å². The number of carbonyl (C=O) groups excluding carboxylic acids is 1. The van der Waals surface area contributed by atoms with Crippen molar-refractivity contribution in [2.24, 2.45) is 5.92 Å². The van der Waals surface area contributed by atoms with Crippen LogP contribution in [0.2, 0.25) is 0 Å². The molecule has 1 unspecified atom stereocenters. The molecule has 2 N–H and O–H groups in total. The maximum atomic E-state index is 11.6. The van der Waals surface area contributed by atoms with Crippen molar-refractivity contribution in [3.8, 4) is 0 Å². The second-order valence-electron chi connectivity index (χ2n) is 4.30. The average Bonchev–Trinajstić information content (AvgIpc) is 2.37. The Kier molecular flexibility index (Phi) is 5.84. The van der Waals surface area contributed by atoms with Gasteiger partial charge in [-0.25, -0.2) is 0 Å². The molecule has 0 bridgehead atoms. The highest BCUT2D eigenvalue weighted by Crippen LogP contribution is 2.09. The van der Waals surface area contributed by atoms with E-state index < -0.39 is 5.97 Å². The van der Waals surface area contributed by atoms with Gasteiger partial charge in [0.05, 0.1) is 0 Å². The summed E-state index contributed by atoms with van der Waals surface area (Å²) in [6.45, 7) is 2.52. The molecule has 0 saturated heterocycles. The largest absolute Gasteiger partial charge is 0.481 e. The summed E-state index contributed by atoms with van der Waals surface area (Å²) in [7, 11) is 0. The van der Waals surface area contributed by atoms with Crippen LogP contribution >= 0.6 is 0 Å². The Morgan fingerprint density at radius 2 is 2.17 bits per heavy atom. The van der Waals surface area contributed by atoms with Gasteiger partial charge in [0.25, 0.3) is 5.91 Å². The first kappa shape index (κ1) is 14.2. The van der Waals surface area contributed by atoms with Crippen LogP contribution in [0, 0.1) is 5.92 Å². The quantitative estimate of drug-likeness (QED) is 0.772. The molecule has 18 heavy (non-hydrogen) atoms. The molecule has 5 nitrogen and oxygen atoms in total. The van der Waals surface area contributed by atoms with Gasteiger partial charge in [-0.1, -0.05) is 13.0 Å². The number of nitrogens with zero attached hydrogens (tertiary/aromatic N) is 1. The van der Waals surface area contributed by atoms with Gasteiger partial charge in [0.1, 0.15) is 5.69 Å². The molecule has 1 rings (SSSR count). The lowest BCUT2D eigenvalue weighted by Gasteiger charge is -2.10. The third-order valence-corrected chi connectivity index (χ3v) is 2.67. The van der Waals surface area contributed by atoms with E-state index in [-0.39, 0.29) is 18.2 Å². The highest BCUT2D eigenvalue weighted by molar-refractivity contribution is 5.92. The van der Waals surface area contributed by atoms with Crippen molar-refractivity contribution in [2.75, 3.05) is 6.54 Å². The van der Waals surface area contributed by atoms with Crippen LogP contribution in [0.4, 0.5) is 0 Å². The highest BCUT2D eigenvalue weighted by atomic mass is 16.4. The summed E-state index contributed by atoms with van der Waals surface area (Å²) in [6, 6.07) is 5.17. The zero-order valence-electron chi connectivity index (χ0n) is 10.4. The van der Waals surface area contributed by atoms with E-state index >= 15 is 0 Å². The Morgan fingerprint density at radius 3 is 2.78 bits per heavy atom. The van der Waals surface area contributed by atoms with Gasteiger partial charge in [-0.2, -0.15) is 0 Å². The number of aliphatic carboxylic acids is 1. The van der Waals surface area contributed by atoms with E-state index in [0.29, 0.717) is 18.7 Å². The predicted molar refractivity (Wildman–Crippen MR) is 67.2 cm³/mol. The molecule has 1 aromatic rings. The molecule has 0 aliphatic rings. The summed E-state index contributed by atoms with van der Waals surface area (Å²) >= 11 is 0. The third-order valence-electron chi connectivity index (χ3n) is 2.67. The molecule has 98 valence electrons. The molecule has 0 saturated carbocycles. The van der Waals surface area contributed by atoms with Gasteiger partial charge in [0.2, 0.25) is 0 Å². The Balaban J connectivity index is 2.21. The average molecular weight is 250 g/mol. The van der Waals surface area contributed by atoms with Gasteiger partial charge < -0.3 is 10.4 Å². The molecular weight excluding hydrogens is 232 g/mol. The van der Waals surface area contributed by atoms with E-state index in [9.17, 15) is 9.59 Å². The number of carbonyl (C=O) groups is 2. The van der Waals surface area contributed by atoms with Crippen molar-refractivity contribution in [1.29, 1.82) is 0 Å². The van der Waals surface area contributed by atoms with Crippen LogP contribution in [0.5, 0.6) is 0 Å². The summed E-state index contributed by atoms with van der Waals surface area (Å²) in [4.78, 5) is 26.0. The molecule has 1 heterocycles. The van der Waals surface area contributed by atoms with Crippen LogP contribution in [-0.4, -0.2) is 28.5 Å². The molecule has 0 spiro atoms. The minimum Gasteiger partial charge on any atom is -0.481 e. The Bertz CT molecular complexity index is 392. The van der Waals surface area contributed by atoms with Crippen LogP contribution in [0.25, 0.3) is 0 Å². The summed E-state index contributed by atoms with van der Waals surface area (Å²) in [5.41, 5.74) is 0.399. The lowest BCUT2D eigenvalue weighted by molar-refractivity contribution is -0.137. The predicted octanol–water partition coefficient (Wildman–Crippen LogP) is 1.70. The molecule has 0 radical (unpaired) electrons. The van der Waals surface area contributed by atoms with Crippen LogP contribution in [0.1, 0.15) is 36.7 Å². The molecule has 1 amide bonds. The molecule has 0 aromatic carbocycles. The normalized spacial score (nSPS) is 11.8. The van der Waals surface area contributed by atoms with Gasteiger partial charge in [-0.15, -0.1) is 0 Å². The SMILES string of the molecule is CC(CCNC(=O)c1ccccn1)CCC(=O)O. The number of amides is 1. The summed E-state index contributed by atoms with van der Waals surface area (Å²) in [5, 5.41) is 11.3. The Labute approximate surface area is 106 Å². The number of carboxylic acids is 1. The summed E-state index contributed by atoms with van der Waals surface area (Å²) < 4.78 is 0. The lowest BCUT2D eigenvalue weighted by Crippen LogP contribution is -2.26. The van der Waals surface area contributed by atoms with Gasteiger partial charge in [-0.05, 0) is 30.9 Å². The van der Waals surface area contributed by atoms with Crippen LogP contribution in [0.15, 0.2) is 24.4 Å². The van der Waals surface area contributed by atoms with Crippen molar-refractivity contribution < 1.29 is 14.7 Å².